The van der Waals surface area contributed by atoms with E-state index in [0.29, 0.717) is 40.3 Å². The topological polar surface area (TPSA) is 92.5 Å². The molecule has 3 aromatic carbocycles. The Bertz CT molecular complexity index is 1530. The Morgan fingerprint density at radius 2 is 1.76 bits per heavy atom. The summed E-state index contributed by atoms with van der Waals surface area (Å²) in [7, 11) is 5.37. The number of methoxy groups -OCH3 is 1. The maximum Gasteiger partial charge on any atom is 0.294 e. The molecule has 4 aromatic rings. The highest BCUT2D eigenvalue weighted by molar-refractivity contribution is 6.20. The summed E-state index contributed by atoms with van der Waals surface area (Å²) in [5.41, 5.74) is 2.49. The summed E-state index contributed by atoms with van der Waals surface area (Å²) >= 11 is 0. The Morgan fingerprint density at radius 1 is 1.05 bits per heavy atom. The SMILES string of the molecule is CCOc1ccc(N2C(=O)C(O)=C(C(=O)c3cc4cccc(OC)c4o3)C2c2ccc(N(C)C)cc2)cc1. The molecule has 0 bridgehead atoms. The predicted octanol–water partition coefficient (Wildman–Crippen LogP) is 5.69. The lowest BCUT2D eigenvalue weighted by atomic mass is 9.94. The van der Waals surface area contributed by atoms with Gasteiger partial charge in [-0.3, -0.25) is 14.5 Å². The van der Waals surface area contributed by atoms with Gasteiger partial charge in [0.05, 0.1) is 25.3 Å². The van der Waals surface area contributed by atoms with Crippen molar-refractivity contribution in [2.45, 2.75) is 13.0 Å². The van der Waals surface area contributed by atoms with Gasteiger partial charge in [-0.15, -0.1) is 0 Å². The van der Waals surface area contributed by atoms with Crippen molar-refractivity contribution in [2.24, 2.45) is 0 Å². The fourth-order valence-corrected chi connectivity index (χ4v) is 4.69. The average molecular weight is 513 g/mol. The van der Waals surface area contributed by atoms with Crippen molar-refractivity contribution in [1.82, 2.24) is 0 Å². The van der Waals surface area contributed by atoms with Gasteiger partial charge in [-0.05, 0) is 61.0 Å². The number of Topliss-reactive ketones (excluding diaryl/α,β-unsaturated/α-hetero) is 1. The zero-order chi connectivity index (χ0) is 27.0. The van der Waals surface area contributed by atoms with Crippen LogP contribution in [-0.2, 0) is 4.79 Å². The lowest BCUT2D eigenvalue weighted by molar-refractivity contribution is -0.117. The number of amides is 1. The minimum atomic E-state index is -0.876. The van der Waals surface area contributed by atoms with Crippen molar-refractivity contribution in [3.05, 3.63) is 95.5 Å². The summed E-state index contributed by atoms with van der Waals surface area (Å²) in [6.45, 7) is 2.39. The van der Waals surface area contributed by atoms with E-state index < -0.39 is 23.5 Å². The zero-order valence-corrected chi connectivity index (χ0v) is 21.6. The second-order valence-electron chi connectivity index (χ2n) is 9.07. The molecule has 0 saturated heterocycles. The zero-order valence-electron chi connectivity index (χ0n) is 21.6. The number of para-hydroxylation sites is 1. The van der Waals surface area contributed by atoms with Crippen LogP contribution in [0.1, 0.15) is 29.1 Å². The lowest BCUT2D eigenvalue weighted by Crippen LogP contribution is -2.31. The summed E-state index contributed by atoms with van der Waals surface area (Å²) in [4.78, 5) is 30.7. The van der Waals surface area contributed by atoms with Gasteiger partial charge in [-0.1, -0.05) is 24.3 Å². The number of rotatable bonds is 8. The predicted molar refractivity (Wildman–Crippen MR) is 145 cm³/mol. The molecule has 1 atom stereocenters. The van der Waals surface area contributed by atoms with Crippen molar-refractivity contribution in [3.8, 4) is 11.5 Å². The molecule has 1 amide bonds. The molecule has 1 N–H and O–H groups in total. The van der Waals surface area contributed by atoms with E-state index in [0.717, 1.165) is 5.69 Å². The number of furan rings is 1. The standard InChI is InChI=1S/C30H28N2O6/c1-5-37-22-15-13-21(14-16-22)32-26(18-9-11-20(12-10-18)31(2)3)25(28(34)30(32)35)27(33)24-17-19-7-6-8-23(36-4)29(19)38-24/h6-17,26,34H,5H2,1-4H3. The summed E-state index contributed by atoms with van der Waals surface area (Å²) in [5, 5.41) is 11.8. The normalized spacial score (nSPS) is 15.3. The number of ketones is 1. The maximum absolute atomic E-state index is 13.9. The van der Waals surface area contributed by atoms with Gasteiger partial charge in [0.2, 0.25) is 5.78 Å². The molecular weight excluding hydrogens is 484 g/mol. The maximum atomic E-state index is 13.9. The highest BCUT2D eigenvalue weighted by Gasteiger charge is 2.45. The second kappa shape index (κ2) is 9.97. The van der Waals surface area contributed by atoms with E-state index in [1.54, 1.807) is 48.5 Å². The molecule has 0 aliphatic carbocycles. The number of hydrogen-bond acceptors (Lipinski definition) is 7. The first-order valence-electron chi connectivity index (χ1n) is 12.2. The third-order valence-corrected chi connectivity index (χ3v) is 6.56. The number of benzene rings is 3. The van der Waals surface area contributed by atoms with Gasteiger partial charge in [0.1, 0.15) is 5.75 Å². The van der Waals surface area contributed by atoms with Crippen molar-refractivity contribution in [3.63, 3.8) is 0 Å². The Morgan fingerprint density at radius 3 is 2.39 bits per heavy atom. The van der Waals surface area contributed by atoms with Gasteiger partial charge in [0, 0.05) is 30.9 Å². The molecule has 194 valence electrons. The number of nitrogens with zero attached hydrogens (tertiary/aromatic N) is 2. The summed E-state index contributed by atoms with van der Waals surface area (Å²) in [6, 6.07) is 20.5. The number of anilines is 2. The number of ether oxygens (including phenoxy) is 2. The number of fused-ring (bicyclic) bond motifs is 1. The third kappa shape index (κ3) is 4.24. The first-order valence-corrected chi connectivity index (χ1v) is 12.2. The van der Waals surface area contributed by atoms with Crippen LogP contribution in [0.25, 0.3) is 11.0 Å². The van der Waals surface area contributed by atoms with E-state index in [-0.39, 0.29) is 11.3 Å². The number of aliphatic hydroxyl groups is 1. The lowest BCUT2D eigenvalue weighted by Gasteiger charge is -2.27. The van der Waals surface area contributed by atoms with Crippen LogP contribution in [0.4, 0.5) is 11.4 Å². The highest BCUT2D eigenvalue weighted by Crippen LogP contribution is 2.43. The number of aliphatic hydroxyl groups excluding tert-OH is 1. The first-order chi connectivity index (χ1) is 18.3. The third-order valence-electron chi connectivity index (χ3n) is 6.56. The fourth-order valence-electron chi connectivity index (χ4n) is 4.69. The highest BCUT2D eigenvalue weighted by atomic mass is 16.5. The van der Waals surface area contributed by atoms with Crippen LogP contribution < -0.4 is 19.3 Å². The Labute approximate surface area is 220 Å². The summed E-state index contributed by atoms with van der Waals surface area (Å²) < 4.78 is 16.8. The molecule has 8 heteroatoms. The first kappa shape index (κ1) is 25.0. The van der Waals surface area contributed by atoms with E-state index in [4.69, 9.17) is 13.9 Å². The van der Waals surface area contributed by atoms with Gasteiger partial charge in [-0.25, -0.2) is 0 Å². The quantitative estimate of drug-likeness (QED) is 0.303. The Kier molecular flexibility index (Phi) is 6.55. The van der Waals surface area contributed by atoms with E-state index in [9.17, 15) is 14.7 Å². The minimum absolute atomic E-state index is 0.00213. The number of carbonyl (C=O) groups excluding carboxylic acids is 2. The smallest absolute Gasteiger partial charge is 0.294 e. The molecular formula is C30H28N2O6. The van der Waals surface area contributed by atoms with Crippen LogP contribution in [0.15, 0.2) is 88.5 Å². The minimum Gasteiger partial charge on any atom is -0.503 e. The molecule has 0 saturated carbocycles. The van der Waals surface area contributed by atoms with Crippen LogP contribution >= 0.6 is 0 Å². The van der Waals surface area contributed by atoms with Gasteiger partial charge in [0.25, 0.3) is 5.91 Å². The molecule has 1 unspecified atom stereocenters. The van der Waals surface area contributed by atoms with Gasteiger partial charge < -0.3 is 23.9 Å². The molecule has 0 fully saturated rings. The van der Waals surface area contributed by atoms with Crippen molar-refractivity contribution in [1.29, 1.82) is 0 Å². The van der Waals surface area contributed by atoms with Crippen molar-refractivity contribution >= 4 is 34.0 Å². The molecule has 8 nitrogen and oxygen atoms in total. The van der Waals surface area contributed by atoms with E-state index in [1.165, 1.54) is 12.0 Å². The molecule has 2 heterocycles. The largest absolute Gasteiger partial charge is 0.503 e. The van der Waals surface area contributed by atoms with E-state index in [1.807, 2.05) is 50.2 Å². The van der Waals surface area contributed by atoms with Crippen LogP contribution in [-0.4, -0.2) is 44.6 Å². The summed E-state index contributed by atoms with van der Waals surface area (Å²) in [5.74, 6) is -0.731. The number of hydrogen-bond donors (Lipinski definition) is 1. The Balaban J connectivity index is 1.62. The molecule has 1 aromatic heterocycles. The van der Waals surface area contributed by atoms with Crippen LogP contribution in [0.2, 0.25) is 0 Å². The fraction of sp³-hybridized carbons (Fsp3) is 0.200. The summed E-state index contributed by atoms with van der Waals surface area (Å²) in [6.07, 6.45) is 0. The van der Waals surface area contributed by atoms with E-state index >= 15 is 0 Å². The molecule has 1 aliphatic rings. The molecule has 1 aliphatic heterocycles. The molecule has 0 radical (unpaired) electrons. The number of carbonyl (C=O) groups is 2. The van der Waals surface area contributed by atoms with Gasteiger partial charge in [-0.2, -0.15) is 0 Å². The van der Waals surface area contributed by atoms with Crippen molar-refractivity contribution < 1.29 is 28.6 Å². The van der Waals surface area contributed by atoms with E-state index in [2.05, 4.69) is 0 Å². The van der Waals surface area contributed by atoms with Crippen LogP contribution in [0, 0.1) is 0 Å². The van der Waals surface area contributed by atoms with Gasteiger partial charge >= 0.3 is 0 Å². The monoisotopic (exact) mass is 512 g/mol. The van der Waals surface area contributed by atoms with Crippen LogP contribution in [0.5, 0.6) is 11.5 Å². The molecule has 0 spiro atoms. The van der Waals surface area contributed by atoms with Gasteiger partial charge in [0.15, 0.2) is 22.9 Å². The molecule has 5 rings (SSSR count). The molecule has 38 heavy (non-hydrogen) atoms. The van der Waals surface area contributed by atoms with Crippen molar-refractivity contribution in [2.75, 3.05) is 37.6 Å². The van der Waals surface area contributed by atoms with Crippen LogP contribution in [0.3, 0.4) is 0 Å². The Hall–Kier alpha value is -4.72. The average Bonchev–Trinajstić information content (AvgIpc) is 3.48. The second-order valence-corrected chi connectivity index (χ2v) is 9.07.